The van der Waals surface area contributed by atoms with E-state index >= 15 is 0 Å². The maximum Gasteiger partial charge on any atom is 0.338 e. The summed E-state index contributed by atoms with van der Waals surface area (Å²) in [5.41, 5.74) is 1.07. The van der Waals surface area contributed by atoms with Crippen LogP contribution in [0.15, 0.2) is 36.9 Å². The predicted octanol–water partition coefficient (Wildman–Crippen LogP) is 1.74. The number of rotatable bonds is 4. The highest BCUT2D eigenvalue weighted by Gasteiger charge is 2.08. The lowest BCUT2D eigenvalue weighted by molar-refractivity contribution is 0.0696. The van der Waals surface area contributed by atoms with Gasteiger partial charge in [-0.1, -0.05) is 6.07 Å². The molecule has 0 bridgehead atoms. The second-order valence-electron chi connectivity index (χ2n) is 3.75. The Balaban J connectivity index is 2.08. The van der Waals surface area contributed by atoms with Gasteiger partial charge >= 0.3 is 5.97 Å². The Morgan fingerprint density at radius 3 is 2.61 bits per heavy atom. The normalized spacial score (nSPS) is 11.8. The molecule has 18 heavy (non-hydrogen) atoms. The number of pyridine rings is 1. The first-order chi connectivity index (χ1) is 8.66. The van der Waals surface area contributed by atoms with Crippen LogP contribution in [0.5, 0.6) is 0 Å². The second kappa shape index (κ2) is 5.22. The molecule has 0 aliphatic heterocycles. The Bertz CT molecular complexity index is 528. The van der Waals surface area contributed by atoms with Gasteiger partial charge in [-0.3, -0.25) is 4.98 Å². The number of aromatic carboxylic acids is 1. The van der Waals surface area contributed by atoms with Crippen LogP contribution in [0.1, 0.15) is 28.9 Å². The monoisotopic (exact) mass is 244 g/mol. The van der Waals surface area contributed by atoms with Crippen molar-refractivity contribution in [1.82, 2.24) is 15.0 Å². The van der Waals surface area contributed by atoms with E-state index in [0.29, 0.717) is 5.95 Å². The molecule has 0 saturated heterocycles. The van der Waals surface area contributed by atoms with Gasteiger partial charge in [-0.2, -0.15) is 0 Å². The molecule has 6 heteroatoms. The Morgan fingerprint density at radius 1 is 1.33 bits per heavy atom. The van der Waals surface area contributed by atoms with Crippen molar-refractivity contribution in [2.45, 2.75) is 13.0 Å². The summed E-state index contributed by atoms with van der Waals surface area (Å²) in [5, 5.41) is 11.8. The van der Waals surface area contributed by atoms with E-state index in [4.69, 9.17) is 5.11 Å². The number of hydrogen-bond acceptors (Lipinski definition) is 5. The molecular weight excluding hydrogens is 232 g/mol. The molecule has 2 heterocycles. The first-order valence-electron chi connectivity index (χ1n) is 5.38. The summed E-state index contributed by atoms with van der Waals surface area (Å²) >= 11 is 0. The molecule has 0 aliphatic rings. The van der Waals surface area contributed by atoms with E-state index in [2.05, 4.69) is 20.3 Å². The van der Waals surface area contributed by atoms with Crippen LogP contribution in [-0.2, 0) is 0 Å². The highest BCUT2D eigenvalue weighted by Crippen LogP contribution is 2.14. The van der Waals surface area contributed by atoms with Crippen molar-refractivity contribution in [2.24, 2.45) is 0 Å². The molecule has 2 N–H and O–H groups in total. The van der Waals surface area contributed by atoms with Gasteiger partial charge in [0, 0.05) is 24.8 Å². The zero-order chi connectivity index (χ0) is 13.0. The standard InChI is InChI=1S/C12H12N4O2/c1-8(9-3-2-4-13-5-9)16-12-14-6-10(7-15-12)11(17)18/h2-8H,1H3,(H,17,18)(H,14,15,16). The van der Waals surface area contributed by atoms with Gasteiger partial charge in [0.1, 0.15) is 0 Å². The number of anilines is 1. The van der Waals surface area contributed by atoms with Crippen LogP contribution in [0.3, 0.4) is 0 Å². The molecule has 0 fully saturated rings. The largest absolute Gasteiger partial charge is 0.478 e. The number of carboxylic acids is 1. The average molecular weight is 244 g/mol. The van der Waals surface area contributed by atoms with Gasteiger partial charge in [-0.25, -0.2) is 14.8 Å². The minimum absolute atomic E-state index is 0.00521. The SMILES string of the molecule is CC(Nc1ncc(C(=O)O)cn1)c1cccnc1. The van der Waals surface area contributed by atoms with Gasteiger partial charge in [0.2, 0.25) is 5.95 Å². The average Bonchev–Trinajstić information content (AvgIpc) is 2.40. The molecule has 2 rings (SSSR count). The van der Waals surface area contributed by atoms with E-state index in [1.807, 2.05) is 19.1 Å². The molecule has 0 aromatic carbocycles. The molecule has 0 saturated carbocycles. The minimum atomic E-state index is -1.04. The van der Waals surface area contributed by atoms with Crippen molar-refractivity contribution >= 4 is 11.9 Å². The van der Waals surface area contributed by atoms with Crippen molar-refractivity contribution in [2.75, 3.05) is 5.32 Å². The topological polar surface area (TPSA) is 88.0 Å². The molecule has 1 atom stereocenters. The summed E-state index contributed by atoms with van der Waals surface area (Å²) in [6, 6.07) is 3.78. The lowest BCUT2D eigenvalue weighted by atomic mass is 10.1. The highest BCUT2D eigenvalue weighted by atomic mass is 16.4. The van der Waals surface area contributed by atoms with Crippen LogP contribution in [0.25, 0.3) is 0 Å². The fourth-order valence-electron chi connectivity index (χ4n) is 1.42. The Hall–Kier alpha value is -2.50. The predicted molar refractivity (Wildman–Crippen MR) is 65.3 cm³/mol. The first kappa shape index (κ1) is 12.0. The van der Waals surface area contributed by atoms with Gasteiger partial charge in [0.25, 0.3) is 0 Å². The van der Waals surface area contributed by atoms with Crippen molar-refractivity contribution in [3.63, 3.8) is 0 Å². The van der Waals surface area contributed by atoms with Crippen LogP contribution >= 0.6 is 0 Å². The molecule has 2 aromatic heterocycles. The summed E-state index contributed by atoms with van der Waals surface area (Å²) in [5.74, 6) is -0.654. The van der Waals surface area contributed by atoms with Crippen molar-refractivity contribution in [3.05, 3.63) is 48.0 Å². The molecule has 0 radical (unpaired) electrons. The van der Waals surface area contributed by atoms with Gasteiger partial charge in [-0.15, -0.1) is 0 Å². The van der Waals surface area contributed by atoms with Crippen LogP contribution in [0.2, 0.25) is 0 Å². The number of nitrogens with zero attached hydrogens (tertiary/aromatic N) is 3. The van der Waals surface area contributed by atoms with E-state index in [0.717, 1.165) is 5.56 Å². The van der Waals surface area contributed by atoms with E-state index in [1.165, 1.54) is 12.4 Å². The summed E-state index contributed by atoms with van der Waals surface area (Å²) in [7, 11) is 0. The molecular formula is C12H12N4O2. The fraction of sp³-hybridized carbons (Fsp3) is 0.167. The molecule has 2 aromatic rings. The van der Waals surface area contributed by atoms with E-state index in [9.17, 15) is 4.79 Å². The zero-order valence-corrected chi connectivity index (χ0v) is 9.74. The lowest BCUT2D eigenvalue weighted by Gasteiger charge is -2.13. The molecule has 0 amide bonds. The van der Waals surface area contributed by atoms with Gasteiger partial charge in [-0.05, 0) is 18.6 Å². The summed E-state index contributed by atoms with van der Waals surface area (Å²) in [6.07, 6.45) is 6.00. The molecule has 0 spiro atoms. The first-order valence-corrected chi connectivity index (χ1v) is 5.38. The molecule has 92 valence electrons. The summed E-state index contributed by atoms with van der Waals surface area (Å²) in [6.45, 7) is 1.95. The van der Waals surface area contributed by atoms with Gasteiger partial charge in [0.15, 0.2) is 0 Å². The zero-order valence-electron chi connectivity index (χ0n) is 9.74. The molecule has 0 aliphatic carbocycles. The van der Waals surface area contributed by atoms with Crippen LogP contribution < -0.4 is 5.32 Å². The maximum atomic E-state index is 10.6. The van der Waals surface area contributed by atoms with Crippen molar-refractivity contribution in [1.29, 1.82) is 0 Å². The third-order valence-corrected chi connectivity index (χ3v) is 2.43. The van der Waals surface area contributed by atoms with Crippen molar-refractivity contribution in [3.8, 4) is 0 Å². The van der Waals surface area contributed by atoms with Gasteiger partial charge in [0.05, 0.1) is 11.6 Å². The Kier molecular flexibility index (Phi) is 3.47. The van der Waals surface area contributed by atoms with Crippen LogP contribution in [-0.4, -0.2) is 26.0 Å². The quantitative estimate of drug-likeness (QED) is 0.851. The van der Waals surface area contributed by atoms with Gasteiger partial charge < -0.3 is 10.4 Å². The summed E-state index contributed by atoms with van der Waals surface area (Å²) < 4.78 is 0. The van der Waals surface area contributed by atoms with E-state index in [1.54, 1.807) is 12.4 Å². The number of aromatic nitrogens is 3. The smallest absolute Gasteiger partial charge is 0.338 e. The number of nitrogens with one attached hydrogen (secondary N) is 1. The number of carbonyl (C=O) groups is 1. The van der Waals surface area contributed by atoms with Crippen LogP contribution in [0.4, 0.5) is 5.95 Å². The van der Waals surface area contributed by atoms with E-state index < -0.39 is 5.97 Å². The second-order valence-corrected chi connectivity index (χ2v) is 3.75. The third kappa shape index (κ3) is 2.79. The van der Waals surface area contributed by atoms with Crippen LogP contribution in [0, 0.1) is 0 Å². The molecule has 6 nitrogen and oxygen atoms in total. The maximum absolute atomic E-state index is 10.6. The van der Waals surface area contributed by atoms with Crippen molar-refractivity contribution < 1.29 is 9.90 Å². The minimum Gasteiger partial charge on any atom is -0.478 e. The third-order valence-electron chi connectivity index (χ3n) is 2.43. The Labute approximate surface area is 104 Å². The lowest BCUT2D eigenvalue weighted by Crippen LogP contribution is -2.10. The number of carboxylic acid groups (broad SMARTS) is 1. The highest BCUT2D eigenvalue weighted by molar-refractivity contribution is 5.86. The van der Waals surface area contributed by atoms with E-state index in [-0.39, 0.29) is 11.6 Å². The molecule has 1 unspecified atom stereocenters. The number of hydrogen-bond donors (Lipinski definition) is 2. The Morgan fingerprint density at radius 2 is 2.06 bits per heavy atom. The fourth-order valence-corrected chi connectivity index (χ4v) is 1.42. The summed E-state index contributed by atoms with van der Waals surface area (Å²) in [4.78, 5) is 22.6.